The third kappa shape index (κ3) is 18.4. The number of aliphatic imine (C=N–C) groups is 3. The van der Waals surface area contributed by atoms with E-state index in [2.05, 4.69) is 26.3 Å². The number of rotatable bonds is 32. The monoisotopic (exact) mass is 1770 g/mol. The highest BCUT2D eigenvalue weighted by Gasteiger charge is 2.67. The number of fused-ring (bicyclic) bond motifs is 9. The number of phosphoric acid groups is 1. The molecule has 36 nitrogen and oxygen atoms in total. The highest BCUT2D eigenvalue weighted by molar-refractivity contribution is 7.47. The van der Waals surface area contributed by atoms with Crippen molar-refractivity contribution >= 4 is 106 Å². The molecule has 678 valence electrons. The maximum Gasteiger partial charge on any atom is 0.472 e. The number of carboxylic acids is 1. The number of phenolic OH excluding ortho intramolecular Hbond substituents is 1. The minimum Gasteiger partial charge on any atom is -0.508 e. The molecule has 2 aliphatic carbocycles. The molecule has 13 rings (SSSR count). The van der Waals surface area contributed by atoms with Crippen molar-refractivity contribution < 1.29 is 95.7 Å². The Balaban J connectivity index is 0.726. The largest absolute Gasteiger partial charge is 0.508 e. The van der Waals surface area contributed by atoms with Crippen LogP contribution < -0.4 is 61.1 Å². The van der Waals surface area contributed by atoms with E-state index in [9.17, 15) is 77.5 Å². The normalized spacial score (nSPS) is 29.4. The fourth-order valence-electron chi connectivity index (χ4n) is 20.7. The molecular formula is C90H112N15O21P. The van der Waals surface area contributed by atoms with Crippen molar-refractivity contribution in [3.05, 3.63) is 140 Å². The number of allylic oxidation sites excluding steroid dienone is 6. The molecule has 15 atom stereocenters. The van der Waals surface area contributed by atoms with Crippen LogP contribution in [0, 0.1) is 59.2 Å². The van der Waals surface area contributed by atoms with Gasteiger partial charge in [-0.3, -0.25) is 67.2 Å². The van der Waals surface area contributed by atoms with E-state index in [0.717, 1.165) is 11.1 Å². The molecule has 9 amide bonds. The molecule has 127 heavy (non-hydrogen) atoms. The van der Waals surface area contributed by atoms with E-state index in [1.165, 1.54) is 66.3 Å². The highest BCUT2D eigenvalue weighted by Crippen LogP contribution is 2.63. The number of aliphatic hydroxyl groups excluding tert-OH is 1. The Morgan fingerprint density at radius 2 is 1.35 bits per heavy atom. The van der Waals surface area contributed by atoms with Crippen molar-refractivity contribution in [2.75, 3.05) is 13.2 Å². The second-order valence-corrected chi connectivity index (χ2v) is 37.9. The molecule has 1 unspecified atom stereocenters. The number of benzene rings is 4. The number of nitrogens with zero attached hydrogens (tertiary/aromatic N) is 5. The van der Waals surface area contributed by atoms with E-state index < -0.39 is 180 Å². The number of hydrogen-bond donors (Lipinski definition) is 14. The molecule has 7 aliphatic heterocycles. The molecule has 2 saturated heterocycles. The number of aryl methyl sites for hydroxylation is 2. The van der Waals surface area contributed by atoms with Gasteiger partial charge < -0.3 is 94.3 Å². The van der Waals surface area contributed by atoms with Gasteiger partial charge in [-0.25, -0.2) is 19.1 Å². The number of aliphatic hydroxyl groups is 1. The van der Waals surface area contributed by atoms with Crippen molar-refractivity contribution in [1.82, 2.24) is 30.8 Å². The Morgan fingerprint density at radius 3 is 2.00 bits per heavy atom. The van der Waals surface area contributed by atoms with Crippen LogP contribution in [0.1, 0.15) is 197 Å². The first-order chi connectivity index (χ1) is 59.6. The molecule has 9 aliphatic rings. The number of hydrogen-bond acceptors (Lipinski definition) is 24. The van der Waals surface area contributed by atoms with Crippen LogP contribution in [0.3, 0.4) is 0 Å². The summed E-state index contributed by atoms with van der Waals surface area (Å²) >= 11 is 0. The average Bonchev–Trinajstić information content (AvgIpc) is 1.50. The summed E-state index contributed by atoms with van der Waals surface area (Å²) in [5.41, 5.74) is 37.5. The van der Waals surface area contributed by atoms with Crippen LogP contribution in [0.5, 0.6) is 5.75 Å². The molecule has 3 fully saturated rings. The van der Waals surface area contributed by atoms with Gasteiger partial charge in [-0.2, -0.15) is 0 Å². The first-order valence-corrected chi connectivity index (χ1v) is 44.1. The molecular weight excluding hydrogens is 1660 g/mol. The van der Waals surface area contributed by atoms with Gasteiger partial charge in [-0.15, -0.1) is 0 Å². The topological polar surface area (TPSA) is 595 Å². The predicted molar refractivity (Wildman–Crippen MR) is 468 cm³/mol. The van der Waals surface area contributed by atoms with Crippen LogP contribution in [0.2, 0.25) is 0 Å². The van der Waals surface area contributed by atoms with Crippen molar-refractivity contribution in [1.29, 1.82) is 0 Å². The number of imidazole rings is 1. The molecule has 8 bridgehead atoms. The lowest BCUT2D eigenvalue weighted by atomic mass is 9.56. The summed E-state index contributed by atoms with van der Waals surface area (Å²) in [4.78, 5) is 181. The molecule has 0 spiro atoms. The first kappa shape index (κ1) is 92.8. The molecule has 37 heteroatoms. The van der Waals surface area contributed by atoms with Crippen LogP contribution in [0.25, 0.3) is 44.5 Å². The van der Waals surface area contributed by atoms with Gasteiger partial charge in [0.15, 0.2) is 11.7 Å². The van der Waals surface area contributed by atoms with E-state index >= 15 is 0 Å². The van der Waals surface area contributed by atoms with Crippen LogP contribution in [0.4, 0.5) is 4.79 Å². The van der Waals surface area contributed by atoms with Gasteiger partial charge in [0.05, 0.1) is 46.3 Å². The second-order valence-electron chi connectivity index (χ2n) is 36.6. The van der Waals surface area contributed by atoms with E-state index in [4.69, 9.17) is 72.3 Å². The van der Waals surface area contributed by atoms with Crippen LogP contribution in [0.15, 0.2) is 132 Å². The number of carboxylic acid groups (broad SMARTS) is 1. The second kappa shape index (κ2) is 35.8. The summed E-state index contributed by atoms with van der Waals surface area (Å²) in [5.74, 6) is -9.47. The Morgan fingerprint density at radius 1 is 0.717 bits per heavy atom. The number of aromatic nitrogens is 2. The fourth-order valence-corrected chi connectivity index (χ4v) is 21.9. The number of ether oxygens (including phenoxy) is 2. The smallest absolute Gasteiger partial charge is 0.472 e. The number of phosphoric ester groups is 1. The summed E-state index contributed by atoms with van der Waals surface area (Å²) in [6.45, 7) is 19.0. The molecule has 20 N–H and O–H groups in total. The number of aromatic carboxylic acids is 1. The maximum atomic E-state index is 14.8. The van der Waals surface area contributed by atoms with E-state index in [-0.39, 0.29) is 110 Å². The summed E-state index contributed by atoms with van der Waals surface area (Å²) < 4.78 is 45.6. The standard InChI is InChI=1S/C90H112N15O21P/c1-42-30-61-62(31-43(42)2)105(41-98-61)83-77(115)78(65(124-83)40-122-85(119)100-49-15-13-48(14-16-49)99-82(116)47-12-19-52(55(32-47)84(117)118)74-53-20-17-50(106)33-63(53)123-64-34-51(107)18-21-54(64)74)126-127(120,121)125-44(3)39-97-73(114)28-29-87(8)59(35-70(94)111)81-90(11)89(10,38-72(96)113)58(24-27-69(93)110)76(104-90)46(5)80-88(9,37-71(95)112)56(22-25-67(91)108)60(101-80)36-66-86(6,7)57(23-26-68(92)109)75(102-66)45(4)79(87)103-81/h12,17-21,30-34,36,41,44,48-49,56-59,65,77-78,81,83,103,106,115H,13-16,22-29,35,37-40H2,1-11H3,(H2,91,108)(H2,92,109)(H2,93,110)(H2,94,111)(H2,95,112)(H2,96,113)(H,97,114)(H,99,116)(H,100,119)(H,117,118)(H,120,121)/b66-36-,79-45-,80-46-/t44-,48?,49?,56-,57+,58-,59+,65-,77-,78-,81+,83+,87-,88+,89+,90+/m1/s1. The number of amides is 9. The minimum atomic E-state index is -5.33. The summed E-state index contributed by atoms with van der Waals surface area (Å²) in [6, 6.07) is 14.5. The number of alkyl carbamates (subject to hydrolysis) is 1. The van der Waals surface area contributed by atoms with Crippen LogP contribution in [-0.2, 0) is 56.6 Å². The quantitative estimate of drug-likeness (QED) is 0.0141. The SMILES string of the molecule is C/C1=C2/N[C@@H]([C@H](CC(N)=O)[C@@]2(C)CCC(=O)NC[C@@H](C)OP(=O)(O)O[C@H]2[C@@H](O)[C@@H](n3cnc4cc(C)c(C)cc43)O[C@@H]2COC(=O)NC2CCC(NC(=O)c3ccc(-c4c5ccc(=O)cc-5oc5cc(O)ccc45)c(C(=O)O)c3)CC2)[C@]2(C)N=C(/C(C)=C3N=C(/C=C4N=C1[C@H](CCC(N)=O)C\4(C)C)[C@@H](CCC(N)=O)[C@]\3(C)CC(N)=O)[C@@H](CCC(N)=O)[C@]2(C)CC(N)=O. The Bertz CT molecular complexity index is 5800. The van der Waals surface area contributed by atoms with Gasteiger partial charge >= 0.3 is 19.9 Å². The summed E-state index contributed by atoms with van der Waals surface area (Å²) in [5, 5.41) is 46.0. The number of phenols is 1. The van der Waals surface area contributed by atoms with Crippen LogP contribution >= 0.6 is 7.82 Å². The Kier molecular flexibility index (Phi) is 26.2. The zero-order valence-electron chi connectivity index (χ0n) is 72.8. The number of nitrogens with one attached hydrogen (secondary N) is 4. The zero-order valence-corrected chi connectivity index (χ0v) is 73.7. The number of nitrogens with two attached hydrogens (primary N) is 6. The average molecular weight is 1770 g/mol. The number of carbonyl (C=O) groups excluding carboxylic acids is 9. The van der Waals surface area contributed by atoms with Gasteiger partial charge in [0.25, 0.3) is 5.91 Å². The van der Waals surface area contributed by atoms with Gasteiger partial charge in [0, 0.05) is 172 Å². The molecule has 1 saturated carbocycles. The maximum absolute atomic E-state index is 14.8. The molecule has 1 aromatic heterocycles. The van der Waals surface area contributed by atoms with Crippen molar-refractivity contribution in [3.63, 3.8) is 0 Å². The lowest BCUT2D eigenvalue weighted by Crippen LogP contribution is -2.59. The summed E-state index contributed by atoms with van der Waals surface area (Å²) in [6.07, 6.45) is -5.14. The predicted octanol–water partition coefficient (Wildman–Crippen LogP) is 7.92. The highest BCUT2D eigenvalue weighted by atomic mass is 31.2. The number of aromatic hydroxyl groups is 1. The molecule has 4 aromatic rings. The minimum absolute atomic E-state index is 0.0304. The number of primary amides is 6. The molecule has 8 heterocycles. The Hall–Kier alpha value is -11.8. The molecule has 0 radical (unpaired) electrons. The summed E-state index contributed by atoms with van der Waals surface area (Å²) in [7, 11) is -5.33. The lowest BCUT2D eigenvalue weighted by Gasteiger charge is -2.48. The third-order valence-electron chi connectivity index (χ3n) is 27.7. The molecule has 3 aromatic carbocycles. The van der Waals surface area contributed by atoms with Gasteiger partial charge in [-0.05, 0) is 175 Å². The first-order valence-electron chi connectivity index (χ1n) is 42.6. The van der Waals surface area contributed by atoms with E-state index in [1.807, 2.05) is 80.5 Å². The van der Waals surface area contributed by atoms with Gasteiger partial charge in [0.2, 0.25) is 41.4 Å². The van der Waals surface area contributed by atoms with Gasteiger partial charge in [-0.1, -0.05) is 40.7 Å². The van der Waals surface area contributed by atoms with Crippen molar-refractivity contribution in [2.45, 2.75) is 227 Å². The van der Waals surface area contributed by atoms with Crippen LogP contribution in [-0.4, -0.2) is 167 Å². The van der Waals surface area contributed by atoms with Gasteiger partial charge in [0.1, 0.15) is 42.0 Å². The van der Waals surface area contributed by atoms with Crippen molar-refractivity contribution in [3.8, 4) is 28.2 Å². The van der Waals surface area contributed by atoms with E-state index in [0.29, 0.717) is 98.6 Å². The Labute approximate surface area is 732 Å². The van der Waals surface area contributed by atoms with E-state index in [1.54, 1.807) is 13.0 Å². The number of carbonyl (C=O) groups is 10. The fraction of sp³-hybridized carbons (Fsp3) is 0.500. The lowest BCUT2D eigenvalue weighted by molar-refractivity contribution is -0.124. The third-order valence-corrected chi connectivity index (χ3v) is 28.8. The zero-order chi connectivity index (χ0) is 92.4. The van der Waals surface area contributed by atoms with Crippen molar-refractivity contribution in [2.24, 2.45) is 94.7 Å².